The zero-order valence-electron chi connectivity index (χ0n) is 22.8. The number of hydrogen-bond acceptors (Lipinski definition) is 7. The summed E-state index contributed by atoms with van der Waals surface area (Å²) >= 11 is 0. The maximum Gasteiger partial charge on any atom is 0.325 e. The fourth-order valence-electron chi connectivity index (χ4n) is 6.24. The maximum atomic E-state index is 12.5. The van der Waals surface area contributed by atoms with Gasteiger partial charge in [0.05, 0.1) is 11.7 Å². The van der Waals surface area contributed by atoms with E-state index in [1.807, 2.05) is 12.1 Å². The van der Waals surface area contributed by atoms with Crippen molar-refractivity contribution in [2.45, 2.75) is 88.9 Å². The number of anilines is 1. The lowest BCUT2D eigenvalue weighted by atomic mass is 9.83. The molecule has 206 valence electrons. The Bertz CT molecular complexity index is 1110. The summed E-state index contributed by atoms with van der Waals surface area (Å²) in [6, 6.07) is 7.46. The van der Waals surface area contributed by atoms with Crippen LogP contribution in [0, 0.1) is 0 Å². The van der Waals surface area contributed by atoms with Gasteiger partial charge in [-0.1, -0.05) is 12.1 Å². The van der Waals surface area contributed by atoms with Gasteiger partial charge < -0.3 is 19.9 Å². The summed E-state index contributed by atoms with van der Waals surface area (Å²) in [7, 11) is 0. The van der Waals surface area contributed by atoms with Crippen molar-refractivity contribution >= 4 is 11.8 Å². The van der Waals surface area contributed by atoms with Crippen molar-refractivity contribution in [2.24, 2.45) is 0 Å². The van der Waals surface area contributed by atoms with E-state index in [9.17, 15) is 9.90 Å². The summed E-state index contributed by atoms with van der Waals surface area (Å²) in [5.74, 6) is 0.437. The Labute approximate surface area is 226 Å². The number of aliphatic carboxylic acids is 1. The van der Waals surface area contributed by atoms with Crippen molar-refractivity contribution in [3.8, 4) is 0 Å². The second-order valence-corrected chi connectivity index (χ2v) is 11.6. The Morgan fingerprint density at radius 3 is 3.03 bits per heavy atom. The molecule has 2 unspecified atom stereocenters. The number of aromatic nitrogens is 2. The Morgan fingerprint density at radius 1 is 1.29 bits per heavy atom. The van der Waals surface area contributed by atoms with E-state index in [1.54, 1.807) is 6.20 Å². The van der Waals surface area contributed by atoms with Crippen LogP contribution in [0.4, 0.5) is 5.82 Å². The number of aryl methyl sites for hydroxylation is 2. The third-order valence-corrected chi connectivity index (χ3v) is 8.16. The summed E-state index contributed by atoms with van der Waals surface area (Å²) < 4.78 is 12.1. The van der Waals surface area contributed by atoms with Crippen LogP contribution in [0.1, 0.15) is 86.8 Å². The summed E-state index contributed by atoms with van der Waals surface area (Å²) in [6.45, 7) is 7.90. The number of ether oxygens (including phenoxy) is 2. The van der Waals surface area contributed by atoms with Crippen molar-refractivity contribution in [1.29, 1.82) is 0 Å². The first-order valence-electron chi connectivity index (χ1n) is 14.3. The Morgan fingerprint density at radius 2 is 2.18 bits per heavy atom. The Hall–Kier alpha value is -2.55. The highest BCUT2D eigenvalue weighted by molar-refractivity contribution is 5.76. The molecule has 2 saturated heterocycles. The first-order valence-corrected chi connectivity index (χ1v) is 14.3. The van der Waals surface area contributed by atoms with Crippen LogP contribution >= 0.6 is 0 Å². The Kier molecular flexibility index (Phi) is 8.61. The fourth-order valence-corrected chi connectivity index (χ4v) is 6.24. The van der Waals surface area contributed by atoms with Gasteiger partial charge in [-0.25, -0.2) is 4.98 Å². The van der Waals surface area contributed by atoms with E-state index in [0.29, 0.717) is 26.3 Å². The number of nitrogens with one attached hydrogen (secondary N) is 1. The van der Waals surface area contributed by atoms with E-state index >= 15 is 0 Å². The number of carboxylic acid groups (broad SMARTS) is 1. The number of hydrogen-bond donors (Lipinski definition) is 2. The molecule has 2 aromatic heterocycles. The predicted molar refractivity (Wildman–Crippen MR) is 147 cm³/mol. The lowest BCUT2D eigenvalue weighted by molar-refractivity contribution is -0.143. The van der Waals surface area contributed by atoms with Gasteiger partial charge in [-0.3, -0.25) is 14.7 Å². The third-order valence-electron chi connectivity index (χ3n) is 8.16. The van der Waals surface area contributed by atoms with Crippen LogP contribution in [0.3, 0.4) is 0 Å². The molecule has 2 fully saturated rings. The lowest BCUT2D eigenvalue weighted by Gasteiger charge is -2.36. The van der Waals surface area contributed by atoms with Crippen LogP contribution in [-0.4, -0.2) is 70.5 Å². The predicted octanol–water partition coefficient (Wildman–Crippen LogP) is 4.75. The molecule has 0 saturated carbocycles. The molecule has 5 rings (SSSR count). The van der Waals surface area contributed by atoms with E-state index < -0.39 is 12.0 Å². The summed E-state index contributed by atoms with van der Waals surface area (Å²) in [6.07, 6.45) is 9.63. The Balaban J connectivity index is 1.13. The van der Waals surface area contributed by atoms with Gasteiger partial charge in [0.15, 0.2) is 0 Å². The van der Waals surface area contributed by atoms with Crippen LogP contribution in [0.2, 0.25) is 0 Å². The highest BCUT2D eigenvalue weighted by atomic mass is 16.5. The summed E-state index contributed by atoms with van der Waals surface area (Å²) in [5, 5.41) is 13.7. The van der Waals surface area contributed by atoms with Gasteiger partial charge in [0.2, 0.25) is 0 Å². The van der Waals surface area contributed by atoms with E-state index in [-0.39, 0.29) is 17.6 Å². The van der Waals surface area contributed by atoms with Gasteiger partial charge in [-0.05, 0) is 82.9 Å². The number of rotatable bonds is 10. The molecule has 2 N–H and O–H groups in total. The highest BCUT2D eigenvalue weighted by Crippen LogP contribution is 2.39. The van der Waals surface area contributed by atoms with Gasteiger partial charge in [-0.15, -0.1) is 0 Å². The van der Waals surface area contributed by atoms with Crippen LogP contribution in [-0.2, 0) is 27.1 Å². The first kappa shape index (κ1) is 27.0. The average Bonchev–Trinajstić information content (AvgIpc) is 3.36. The molecule has 8 heteroatoms. The van der Waals surface area contributed by atoms with E-state index in [1.165, 1.54) is 12.0 Å². The third kappa shape index (κ3) is 6.53. The van der Waals surface area contributed by atoms with Crippen molar-refractivity contribution in [3.05, 3.63) is 53.0 Å². The molecule has 0 bridgehead atoms. The molecule has 5 heterocycles. The topological polar surface area (TPSA) is 96.8 Å². The number of carbonyl (C=O) groups is 1. The number of likely N-dealkylation sites (tertiary alicyclic amines) is 1. The van der Waals surface area contributed by atoms with Gasteiger partial charge in [0.25, 0.3) is 0 Å². The monoisotopic (exact) mass is 522 g/mol. The molecule has 3 atom stereocenters. The minimum atomic E-state index is -0.821. The molecule has 0 aromatic carbocycles. The molecule has 0 amide bonds. The minimum Gasteiger partial charge on any atom is -0.480 e. The summed E-state index contributed by atoms with van der Waals surface area (Å²) in [4.78, 5) is 24.1. The van der Waals surface area contributed by atoms with Gasteiger partial charge >= 0.3 is 5.97 Å². The molecular formula is C30H42N4O4. The number of carboxylic acids is 1. The molecule has 2 aromatic rings. The fraction of sp³-hybridized carbons (Fsp3) is 0.633. The number of nitrogens with zero attached hydrogens (tertiary/aromatic N) is 3. The maximum absolute atomic E-state index is 12.5. The van der Waals surface area contributed by atoms with Crippen LogP contribution < -0.4 is 5.32 Å². The van der Waals surface area contributed by atoms with E-state index in [0.717, 1.165) is 74.3 Å². The number of pyridine rings is 2. The number of fused-ring (bicyclic) bond motifs is 1. The van der Waals surface area contributed by atoms with Crippen LogP contribution in [0.15, 0.2) is 30.5 Å². The largest absolute Gasteiger partial charge is 0.480 e. The second kappa shape index (κ2) is 12.1. The minimum absolute atomic E-state index is 0.0602. The molecule has 0 aliphatic carbocycles. The average molecular weight is 523 g/mol. The molecule has 0 radical (unpaired) electrons. The normalized spacial score (nSPS) is 23.9. The van der Waals surface area contributed by atoms with Gasteiger partial charge in [0, 0.05) is 61.9 Å². The molecule has 3 aliphatic heterocycles. The zero-order chi connectivity index (χ0) is 26.5. The van der Waals surface area contributed by atoms with E-state index in [4.69, 9.17) is 19.4 Å². The molecule has 8 nitrogen and oxygen atoms in total. The van der Waals surface area contributed by atoms with Gasteiger partial charge in [-0.2, -0.15) is 0 Å². The van der Waals surface area contributed by atoms with Crippen LogP contribution in [0.25, 0.3) is 0 Å². The number of unbranched alkanes of at least 4 members (excludes halogenated alkanes) is 1. The quantitative estimate of drug-likeness (QED) is 0.432. The molecule has 38 heavy (non-hydrogen) atoms. The highest BCUT2D eigenvalue weighted by Gasteiger charge is 2.38. The van der Waals surface area contributed by atoms with Crippen molar-refractivity contribution < 1.29 is 19.4 Å². The SMILES string of the molecule is CC1(C)CC(c2ncccc2C(C(=O)O)N2CC[C@@H](OCCCCc3ccc4c(n3)NCCC4)C2)CCO1. The second-order valence-electron chi connectivity index (χ2n) is 11.6. The first-order chi connectivity index (χ1) is 18.4. The van der Waals surface area contributed by atoms with E-state index in [2.05, 4.69) is 36.2 Å². The molecular weight excluding hydrogens is 480 g/mol. The van der Waals surface area contributed by atoms with Crippen molar-refractivity contribution in [1.82, 2.24) is 14.9 Å². The van der Waals surface area contributed by atoms with Crippen molar-refractivity contribution in [2.75, 3.05) is 38.2 Å². The summed E-state index contributed by atoms with van der Waals surface area (Å²) in [5.41, 5.74) is 3.95. The smallest absolute Gasteiger partial charge is 0.325 e. The van der Waals surface area contributed by atoms with Crippen molar-refractivity contribution in [3.63, 3.8) is 0 Å². The zero-order valence-corrected chi connectivity index (χ0v) is 22.8. The van der Waals surface area contributed by atoms with Gasteiger partial charge in [0.1, 0.15) is 11.9 Å². The standard InChI is InChI=1S/C30H42N4O4/c1-30(2)19-22(13-18-38-30)26-25(9-6-14-31-26)27(29(35)36)34-16-12-24(20-34)37-17-4-3-8-23-11-10-21-7-5-15-32-28(21)33-23/h6,9-11,14,22,24,27H,3-5,7-8,12-13,15-20H2,1-2H3,(H,32,33)(H,35,36)/t22?,24-,27?/m1/s1. The molecule has 3 aliphatic rings. The van der Waals surface area contributed by atoms with Crippen LogP contribution in [0.5, 0.6) is 0 Å². The molecule has 0 spiro atoms. The lowest BCUT2D eigenvalue weighted by Crippen LogP contribution is -2.36.